The number of pyridine rings is 2. The van der Waals surface area contributed by atoms with Crippen LogP contribution in [0.3, 0.4) is 0 Å². The van der Waals surface area contributed by atoms with E-state index in [1.807, 2.05) is 110 Å². The third-order valence-corrected chi connectivity index (χ3v) is 8.86. The second kappa shape index (κ2) is 9.75. The lowest BCUT2D eigenvalue weighted by Gasteiger charge is -2.36. The molecule has 5 unspecified atom stereocenters. The normalized spacial score (nSPS) is 25.6. The van der Waals surface area contributed by atoms with E-state index in [0.717, 1.165) is 22.4 Å². The minimum Gasteiger partial charge on any atom is -0.375 e. The van der Waals surface area contributed by atoms with Crippen molar-refractivity contribution >= 4 is 17.4 Å². The molecule has 1 N–H and O–H groups in total. The highest BCUT2D eigenvalue weighted by atomic mass is 16.3. The number of allylic oxidation sites excluding steroid dienone is 2. The van der Waals surface area contributed by atoms with Crippen LogP contribution < -0.4 is 0 Å². The molecule has 0 radical (unpaired) electrons. The number of aliphatic hydroxyl groups is 1. The Bertz CT molecular complexity index is 1600. The average Bonchev–Trinajstić information content (AvgIpc) is 3.65. The van der Waals surface area contributed by atoms with Crippen molar-refractivity contribution < 1.29 is 14.7 Å². The van der Waals surface area contributed by atoms with Crippen LogP contribution in [0.15, 0.2) is 127 Å². The molecular weight excluding hydrogens is 510 g/mol. The molecule has 2 aliphatic carbocycles. The van der Waals surface area contributed by atoms with E-state index in [2.05, 4.69) is 4.98 Å². The highest BCUT2D eigenvalue weighted by Crippen LogP contribution is 2.64. The largest absolute Gasteiger partial charge is 0.375 e. The van der Waals surface area contributed by atoms with Crippen LogP contribution in [0.5, 0.6) is 0 Å². The molecule has 1 saturated carbocycles. The number of carbonyl (C=O) groups is 2. The molecule has 6 nitrogen and oxygen atoms in total. The van der Waals surface area contributed by atoms with E-state index in [1.54, 1.807) is 12.4 Å². The first-order chi connectivity index (χ1) is 20.1. The Kier molecular flexibility index (Phi) is 6.02. The van der Waals surface area contributed by atoms with Gasteiger partial charge in [0.05, 0.1) is 23.2 Å². The minimum atomic E-state index is -1.60. The molecule has 41 heavy (non-hydrogen) atoms. The van der Waals surface area contributed by atoms with Gasteiger partial charge in [0.25, 0.3) is 0 Å². The Balaban J connectivity index is 1.53. The van der Waals surface area contributed by atoms with Crippen molar-refractivity contribution in [1.82, 2.24) is 14.9 Å². The van der Waals surface area contributed by atoms with E-state index >= 15 is 0 Å². The number of nitrogens with zero attached hydrogens (tertiary/aromatic N) is 3. The van der Waals surface area contributed by atoms with Crippen molar-refractivity contribution in [1.29, 1.82) is 0 Å². The second-order valence-corrected chi connectivity index (χ2v) is 10.8. The topological polar surface area (TPSA) is 83.4 Å². The van der Waals surface area contributed by atoms with Gasteiger partial charge in [0.15, 0.2) is 5.60 Å². The van der Waals surface area contributed by atoms with E-state index in [1.165, 1.54) is 4.90 Å². The fourth-order valence-electron chi connectivity index (χ4n) is 7.22. The maximum Gasteiger partial charge on any atom is 0.234 e. The standard InChI is InChI=1S/C35H29N3O3/c1-2-38-33(39)30-24-21-25(35(41,23-15-7-4-8-16-23)27-18-10-12-20-37-27)31(32(30)34(38)40)29(24)28(22-13-5-3-6-14-22)26-17-9-11-19-36-26/h3-21,24,30-32,41H,2H2,1H3. The molecule has 1 saturated heterocycles. The summed E-state index contributed by atoms with van der Waals surface area (Å²) in [5.41, 5.74) is 3.82. The number of fused-ring (bicyclic) bond motifs is 5. The summed E-state index contributed by atoms with van der Waals surface area (Å²) in [7, 11) is 0. The van der Waals surface area contributed by atoms with Crippen LogP contribution in [0.25, 0.3) is 5.57 Å². The SMILES string of the molecule is CCN1C(=O)C2C3C=C(C(O)(c4ccccc4)c4ccccn4)C(C3=C(c3ccccc3)c3ccccn3)C2C1=O. The molecule has 4 aromatic rings. The molecule has 2 fully saturated rings. The predicted octanol–water partition coefficient (Wildman–Crippen LogP) is 5.02. The third kappa shape index (κ3) is 3.67. The molecule has 2 aromatic carbocycles. The number of hydrogen-bond acceptors (Lipinski definition) is 5. The summed E-state index contributed by atoms with van der Waals surface area (Å²) < 4.78 is 0. The smallest absolute Gasteiger partial charge is 0.234 e. The van der Waals surface area contributed by atoms with Gasteiger partial charge < -0.3 is 5.11 Å². The Hall–Kier alpha value is -4.68. The van der Waals surface area contributed by atoms with Crippen LogP contribution in [0.4, 0.5) is 0 Å². The lowest BCUT2D eigenvalue weighted by atomic mass is 9.71. The van der Waals surface area contributed by atoms with E-state index < -0.39 is 23.4 Å². The van der Waals surface area contributed by atoms with Gasteiger partial charge in [-0.05, 0) is 53.5 Å². The minimum absolute atomic E-state index is 0.141. The van der Waals surface area contributed by atoms with Crippen molar-refractivity contribution in [2.45, 2.75) is 12.5 Å². The number of carbonyl (C=O) groups excluding carboxylic acids is 2. The maximum absolute atomic E-state index is 13.9. The fourth-order valence-corrected chi connectivity index (χ4v) is 7.22. The van der Waals surface area contributed by atoms with E-state index in [-0.39, 0.29) is 17.7 Å². The first kappa shape index (κ1) is 25.3. The van der Waals surface area contributed by atoms with Gasteiger partial charge >= 0.3 is 0 Å². The van der Waals surface area contributed by atoms with E-state index in [0.29, 0.717) is 23.4 Å². The Morgan fingerprint density at radius 2 is 1.44 bits per heavy atom. The first-order valence-corrected chi connectivity index (χ1v) is 14.0. The zero-order valence-electron chi connectivity index (χ0n) is 22.6. The fraction of sp³-hybridized carbons (Fsp3) is 0.200. The van der Waals surface area contributed by atoms with Crippen LogP contribution in [-0.4, -0.2) is 38.3 Å². The molecule has 5 atom stereocenters. The molecule has 2 amide bonds. The zero-order valence-corrected chi connectivity index (χ0v) is 22.6. The summed E-state index contributed by atoms with van der Waals surface area (Å²) in [6, 6.07) is 30.7. The van der Waals surface area contributed by atoms with Gasteiger partial charge in [-0.2, -0.15) is 0 Å². The molecule has 3 aliphatic rings. The summed E-state index contributed by atoms with van der Waals surface area (Å²) in [4.78, 5) is 38.4. The predicted molar refractivity (Wildman–Crippen MR) is 155 cm³/mol. The number of benzene rings is 2. The Labute approximate surface area is 238 Å². The highest BCUT2D eigenvalue weighted by molar-refractivity contribution is 6.08. The van der Waals surface area contributed by atoms with E-state index in [9.17, 15) is 14.7 Å². The Morgan fingerprint density at radius 3 is 2.07 bits per heavy atom. The number of aromatic nitrogens is 2. The number of likely N-dealkylation sites (tertiary alicyclic amines) is 1. The molecular formula is C35H29N3O3. The summed E-state index contributed by atoms with van der Waals surface area (Å²) >= 11 is 0. The van der Waals surface area contributed by atoms with Crippen LogP contribution in [0, 0.1) is 23.7 Å². The van der Waals surface area contributed by atoms with Gasteiger partial charge in [-0.1, -0.05) is 78.9 Å². The molecule has 2 bridgehead atoms. The van der Waals surface area contributed by atoms with Gasteiger partial charge in [0.2, 0.25) is 11.8 Å². The molecule has 1 aliphatic heterocycles. The van der Waals surface area contributed by atoms with Crippen LogP contribution in [-0.2, 0) is 15.2 Å². The Morgan fingerprint density at radius 1 is 0.805 bits per heavy atom. The number of amides is 2. The first-order valence-electron chi connectivity index (χ1n) is 14.0. The van der Waals surface area contributed by atoms with Gasteiger partial charge in [-0.3, -0.25) is 24.5 Å². The van der Waals surface area contributed by atoms with E-state index in [4.69, 9.17) is 4.98 Å². The maximum atomic E-state index is 13.9. The van der Waals surface area contributed by atoms with Crippen LogP contribution in [0.1, 0.15) is 29.4 Å². The monoisotopic (exact) mass is 539 g/mol. The van der Waals surface area contributed by atoms with Crippen molar-refractivity contribution in [3.8, 4) is 0 Å². The molecule has 2 aromatic heterocycles. The summed E-state index contributed by atoms with van der Waals surface area (Å²) in [5, 5.41) is 12.8. The second-order valence-electron chi connectivity index (χ2n) is 10.8. The highest BCUT2D eigenvalue weighted by Gasteiger charge is 2.66. The lowest BCUT2D eigenvalue weighted by Crippen LogP contribution is -2.38. The summed E-state index contributed by atoms with van der Waals surface area (Å²) in [6.45, 7) is 2.16. The van der Waals surface area contributed by atoms with Crippen molar-refractivity contribution in [3.05, 3.63) is 149 Å². The van der Waals surface area contributed by atoms with Crippen LogP contribution in [0.2, 0.25) is 0 Å². The summed E-state index contributed by atoms with van der Waals surface area (Å²) in [5.74, 6) is -2.33. The molecule has 6 heteroatoms. The third-order valence-electron chi connectivity index (χ3n) is 8.86. The molecule has 0 spiro atoms. The van der Waals surface area contributed by atoms with Crippen LogP contribution >= 0.6 is 0 Å². The zero-order chi connectivity index (χ0) is 28.1. The van der Waals surface area contributed by atoms with Gasteiger partial charge in [0, 0.05) is 36.3 Å². The van der Waals surface area contributed by atoms with Gasteiger partial charge in [0.1, 0.15) is 0 Å². The average molecular weight is 540 g/mol. The van der Waals surface area contributed by atoms with Gasteiger partial charge in [-0.25, -0.2) is 0 Å². The van der Waals surface area contributed by atoms with Crippen molar-refractivity contribution in [2.24, 2.45) is 23.7 Å². The van der Waals surface area contributed by atoms with Crippen molar-refractivity contribution in [2.75, 3.05) is 6.54 Å². The molecule has 7 rings (SSSR count). The quantitative estimate of drug-likeness (QED) is 0.275. The molecule has 3 heterocycles. The summed E-state index contributed by atoms with van der Waals surface area (Å²) in [6.07, 6.45) is 5.47. The van der Waals surface area contributed by atoms with Crippen molar-refractivity contribution in [3.63, 3.8) is 0 Å². The number of hydrogen-bond donors (Lipinski definition) is 1. The van der Waals surface area contributed by atoms with Gasteiger partial charge in [-0.15, -0.1) is 0 Å². The molecule has 202 valence electrons. The lowest BCUT2D eigenvalue weighted by molar-refractivity contribution is -0.140. The number of rotatable bonds is 6. The number of imide groups is 1.